The second kappa shape index (κ2) is 7.67. The van der Waals surface area contributed by atoms with Gasteiger partial charge >= 0.3 is 11.9 Å². The number of rotatable bonds is 8. The summed E-state index contributed by atoms with van der Waals surface area (Å²) in [6.07, 6.45) is 1.44. The Kier molecular flexibility index (Phi) is 6.91. The summed E-state index contributed by atoms with van der Waals surface area (Å²) in [6.45, 7) is 1.92. The van der Waals surface area contributed by atoms with E-state index in [-0.39, 0.29) is 12.8 Å². The first-order valence-corrected chi connectivity index (χ1v) is 5.21. The largest absolute Gasteiger partial charge is 0.481 e. The zero-order valence-electron chi connectivity index (χ0n) is 9.23. The van der Waals surface area contributed by atoms with Crippen LogP contribution in [-0.2, 0) is 14.4 Å². The van der Waals surface area contributed by atoms with E-state index in [0.29, 0.717) is 12.8 Å². The van der Waals surface area contributed by atoms with Gasteiger partial charge in [0.1, 0.15) is 6.04 Å². The summed E-state index contributed by atoms with van der Waals surface area (Å²) in [5.41, 5.74) is 0. The van der Waals surface area contributed by atoms with Crippen LogP contribution in [0.3, 0.4) is 0 Å². The normalized spacial score (nSPS) is 11.8. The molecule has 0 spiro atoms. The molecule has 0 saturated carbocycles. The third-order valence-corrected chi connectivity index (χ3v) is 2.05. The Balaban J connectivity index is 4.02. The highest BCUT2D eigenvalue weighted by atomic mass is 16.4. The predicted molar refractivity (Wildman–Crippen MR) is 56.0 cm³/mol. The Morgan fingerprint density at radius 1 is 1.19 bits per heavy atom. The average molecular weight is 231 g/mol. The van der Waals surface area contributed by atoms with Gasteiger partial charge in [-0.25, -0.2) is 4.79 Å². The molecular formula is C10H17NO5. The number of amides is 1. The fraction of sp³-hybridized carbons (Fsp3) is 0.700. The van der Waals surface area contributed by atoms with Crippen molar-refractivity contribution in [3.63, 3.8) is 0 Å². The summed E-state index contributed by atoms with van der Waals surface area (Å²) < 4.78 is 0. The molecular weight excluding hydrogens is 214 g/mol. The van der Waals surface area contributed by atoms with Crippen molar-refractivity contribution < 1.29 is 24.6 Å². The average Bonchev–Trinajstić information content (AvgIpc) is 2.20. The van der Waals surface area contributed by atoms with Crippen LogP contribution in [0.1, 0.15) is 39.0 Å². The van der Waals surface area contributed by atoms with Crippen molar-refractivity contribution in [3.8, 4) is 0 Å². The fourth-order valence-corrected chi connectivity index (χ4v) is 1.15. The summed E-state index contributed by atoms with van der Waals surface area (Å²) in [5, 5.41) is 19.5. The summed E-state index contributed by atoms with van der Waals surface area (Å²) in [6, 6.07) is -0.916. The standard InChI is InChI=1S/C10H17NO5/c1-2-3-4-7(10(15)16)11-8(12)5-6-9(13)14/h7H,2-6H2,1H3,(H,11,12)(H,13,14)(H,15,16)/t7-/m0/s1. The zero-order chi connectivity index (χ0) is 12.6. The number of hydrogen-bond donors (Lipinski definition) is 3. The van der Waals surface area contributed by atoms with Crippen molar-refractivity contribution in [1.29, 1.82) is 0 Å². The van der Waals surface area contributed by atoms with Crippen LogP contribution in [-0.4, -0.2) is 34.1 Å². The van der Waals surface area contributed by atoms with Crippen LogP contribution in [0.4, 0.5) is 0 Å². The van der Waals surface area contributed by atoms with Gasteiger partial charge < -0.3 is 15.5 Å². The Labute approximate surface area is 93.6 Å². The highest BCUT2D eigenvalue weighted by Gasteiger charge is 2.19. The quantitative estimate of drug-likeness (QED) is 0.567. The molecule has 0 fully saturated rings. The van der Waals surface area contributed by atoms with Crippen molar-refractivity contribution in [2.24, 2.45) is 0 Å². The lowest BCUT2D eigenvalue weighted by molar-refractivity contribution is -0.142. The third kappa shape index (κ3) is 6.80. The zero-order valence-corrected chi connectivity index (χ0v) is 9.23. The lowest BCUT2D eigenvalue weighted by Gasteiger charge is -2.13. The predicted octanol–water partition coefficient (Wildman–Crippen LogP) is 0.611. The van der Waals surface area contributed by atoms with E-state index in [9.17, 15) is 14.4 Å². The molecule has 0 aliphatic carbocycles. The van der Waals surface area contributed by atoms with Crippen molar-refractivity contribution in [2.45, 2.75) is 45.1 Å². The van der Waals surface area contributed by atoms with E-state index >= 15 is 0 Å². The van der Waals surface area contributed by atoms with Crippen LogP contribution in [0.2, 0.25) is 0 Å². The van der Waals surface area contributed by atoms with Crippen LogP contribution in [0.5, 0.6) is 0 Å². The Morgan fingerprint density at radius 2 is 1.81 bits per heavy atom. The molecule has 0 aliphatic heterocycles. The van der Waals surface area contributed by atoms with Gasteiger partial charge in [0, 0.05) is 6.42 Å². The van der Waals surface area contributed by atoms with Gasteiger partial charge in [-0.3, -0.25) is 9.59 Å². The van der Waals surface area contributed by atoms with E-state index in [1.807, 2.05) is 6.92 Å². The monoisotopic (exact) mass is 231 g/mol. The molecule has 1 amide bonds. The van der Waals surface area contributed by atoms with E-state index < -0.39 is 23.9 Å². The van der Waals surface area contributed by atoms with Crippen LogP contribution in [0, 0.1) is 0 Å². The van der Waals surface area contributed by atoms with Crippen LogP contribution in [0.25, 0.3) is 0 Å². The first kappa shape index (κ1) is 14.4. The first-order valence-electron chi connectivity index (χ1n) is 5.21. The van der Waals surface area contributed by atoms with Gasteiger partial charge in [-0.1, -0.05) is 19.8 Å². The second-order valence-corrected chi connectivity index (χ2v) is 3.49. The summed E-state index contributed by atoms with van der Waals surface area (Å²) in [5.74, 6) is -2.70. The number of hydrogen-bond acceptors (Lipinski definition) is 3. The topological polar surface area (TPSA) is 104 Å². The maximum absolute atomic E-state index is 11.2. The molecule has 0 aromatic carbocycles. The number of carboxylic acids is 2. The molecule has 1 atom stereocenters. The number of unbranched alkanes of at least 4 members (excludes halogenated alkanes) is 1. The summed E-state index contributed by atoms with van der Waals surface area (Å²) in [7, 11) is 0. The molecule has 0 rings (SSSR count). The minimum Gasteiger partial charge on any atom is -0.481 e. The lowest BCUT2D eigenvalue weighted by Crippen LogP contribution is -2.40. The number of nitrogens with one attached hydrogen (secondary N) is 1. The lowest BCUT2D eigenvalue weighted by atomic mass is 10.1. The molecule has 0 radical (unpaired) electrons. The van der Waals surface area contributed by atoms with E-state index in [1.165, 1.54) is 0 Å². The van der Waals surface area contributed by atoms with Crippen molar-refractivity contribution in [3.05, 3.63) is 0 Å². The third-order valence-electron chi connectivity index (χ3n) is 2.05. The van der Waals surface area contributed by atoms with E-state index in [4.69, 9.17) is 10.2 Å². The maximum atomic E-state index is 11.2. The minimum atomic E-state index is -1.09. The molecule has 0 bridgehead atoms. The van der Waals surface area contributed by atoms with Crippen LogP contribution < -0.4 is 5.32 Å². The highest BCUT2D eigenvalue weighted by Crippen LogP contribution is 2.01. The first-order chi connectivity index (χ1) is 7.47. The number of carboxylic acid groups (broad SMARTS) is 2. The molecule has 92 valence electrons. The van der Waals surface area contributed by atoms with E-state index in [1.54, 1.807) is 0 Å². The minimum absolute atomic E-state index is 0.189. The van der Waals surface area contributed by atoms with Gasteiger partial charge in [0.2, 0.25) is 5.91 Å². The summed E-state index contributed by atoms with van der Waals surface area (Å²) >= 11 is 0. The fourth-order valence-electron chi connectivity index (χ4n) is 1.15. The van der Waals surface area contributed by atoms with Gasteiger partial charge in [-0.15, -0.1) is 0 Å². The Morgan fingerprint density at radius 3 is 2.25 bits per heavy atom. The van der Waals surface area contributed by atoms with Gasteiger partial charge in [-0.05, 0) is 6.42 Å². The number of carbonyl (C=O) groups excluding carboxylic acids is 1. The van der Waals surface area contributed by atoms with Gasteiger partial charge in [-0.2, -0.15) is 0 Å². The smallest absolute Gasteiger partial charge is 0.326 e. The molecule has 0 aromatic rings. The van der Waals surface area contributed by atoms with Gasteiger partial charge in [0.25, 0.3) is 0 Å². The van der Waals surface area contributed by atoms with Gasteiger partial charge in [0.05, 0.1) is 6.42 Å². The van der Waals surface area contributed by atoms with Crippen LogP contribution >= 0.6 is 0 Å². The molecule has 6 nitrogen and oxygen atoms in total. The highest BCUT2D eigenvalue weighted by molar-refractivity contribution is 5.85. The summed E-state index contributed by atoms with van der Waals surface area (Å²) in [4.78, 5) is 32.1. The van der Waals surface area contributed by atoms with Crippen molar-refractivity contribution in [1.82, 2.24) is 5.32 Å². The molecule has 0 saturated heterocycles. The van der Waals surface area contributed by atoms with Crippen LogP contribution in [0.15, 0.2) is 0 Å². The Hall–Kier alpha value is -1.59. The maximum Gasteiger partial charge on any atom is 0.326 e. The number of carbonyl (C=O) groups is 3. The molecule has 3 N–H and O–H groups in total. The molecule has 0 unspecified atom stereocenters. The molecule has 6 heteroatoms. The van der Waals surface area contributed by atoms with E-state index in [0.717, 1.165) is 6.42 Å². The number of aliphatic carboxylic acids is 2. The second-order valence-electron chi connectivity index (χ2n) is 3.49. The molecule has 0 heterocycles. The molecule has 0 aliphatic rings. The Bertz CT molecular complexity index is 264. The van der Waals surface area contributed by atoms with Crippen molar-refractivity contribution >= 4 is 17.8 Å². The van der Waals surface area contributed by atoms with Gasteiger partial charge in [0.15, 0.2) is 0 Å². The molecule has 0 aromatic heterocycles. The van der Waals surface area contributed by atoms with Crippen molar-refractivity contribution in [2.75, 3.05) is 0 Å². The molecule has 16 heavy (non-hydrogen) atoms. The SMILES string of the molecule is CCCC[C@H](NC(=O)CCC(=O)O)C(=O)O. The van der Waals surface area contributed by atoms with E-state index in [2.05, 4.69) is 5.32 Å².